The van der Waals surface area contributed by atoms with E-state index >= 15 is 0 Å². The van der Waals surface area contributed by atoms with Gasteiger partial charge in [-0.1, -0.05) is 12.2 Å². The van der Waals surface area contributed by atoms with Gasteiger partial charge in [-0.25, -0.2) is 0 Å². The SMILES string of the molecule is C/C=C\[C@@H]1C[C@H](C(C)=O)N(C)[C@H]1[C@@H](N)[C@@H](O)COC(C)OCC. The van der Waals surface area contributed by atoms with Crippen molar-refractivity contribution in [2.45, 2.75) is 64.6 Å². The Hall–Kier alpha value is -0.790. The van der Waals surface area contributed by atoms with E-state index < -0.39 is 12.1 Å². The molecule has 1 fully saturated rings. The topological polar surface area (TPSA) is 85.0 Å². The van der Waals surface area contributed by atoms with Crippen LogP contribution in [0.2, 0.25) is 0 Å². The van der Waals surface area contributed by atoms with E-state index in [1.807, 2.05) is 31.9 Å². The lowest BCUT2D eigenvalue weighted by molar-refractivity contribution is -0.147. The zero-order chi connectivity index (χ0) is 17.6. The lowest BCUT2D eigenvalue weighted by Crippen LogP contribution is -2.55. The predicted molar refractivity (Wildman–Crippen MR) is 90.0 cm³/mol. The van der Waals surface area contributed by atoms with Crippen LogP contribution < -0.4 is 5.73 Å². The molecule has 0 saturated carbocycles. The molecule has 1 heterocycles. The molecule has 0 aromatic rings. The van der Waals surface area contributed by atoms with Gasteiger partial charge in [-0.2, -0.15) is 0 Å². The fourth-order valence-corrected chi connectivity index (χ4v) is 3.38. The first-order chi connectivity index (χ1) is 10.8. The first-order valence-electron chi connectivity index (χ1n) is 8.35. The highest BCUT2D eigenvalue weighted by atomic mass is 16.7. The van der Waals surface area contributed by atoms with E-state index in [1.165, 1.54) is 0 Å². The van der Waals surface area contributed by atoms with Crippen molar-refractivity contribution in [3.63, 3.8) is 0 Å². The summed E-state index contributed by atoms with van der Waals surface area (Å²) in [5.41, 5.74) is 6.30. The molecule has 134 valence electrons. The van der Waals surface area contributed by atoms with Gasteiger partial charge >= 0.3 is 0 Å². The van der Waals surface area contributed by atoms with Crippen molar-refractivity contribution >= 4 is 5.78 Å². The van der Waals surface area contributed by atoms with E-state index in [-0.39, 0.29) is 36.7 Å². The van der Waals surface area contributed by atoms with Crippen molar-refractivity contribution in [1.29, 1.82) is 0 Å². The summed E-state index contributed by atoms with van der Waals surface area (Å²) >= 11 is 0. The lowest BCUT2D eigenvalue weighted by Gasteiger charge is -2.34. The maximum absolute atomic E-state index is 11.8. The number of Topliss-reactive ketones (excluding diaryl/α,β-unsaturated/α-hetero) is 1. The molecule has 0 spiro atoms. The smallest absolute Gasteiger partial charge is 0.154 e. The minimum atomic E-state index is -0.816. The molecule has 6 heteroatoms. The average Bonchev–Trinajstić information content (AvgIpc) is 2.81. The van der Waals surface area contributed by atoms with Crippen LogP contribution in [0.15, 0.2) is 12.2 Å². The summed E-state index contributed by atoms with van der Waals surface area (Å²) in [6.45, 7) is 7.90. The molecule has 1 rings (SSSR count). The molecule has 23 heavy (non-hydrogen) atoms. The number of hydrogen-bond acceptors (Lipinski definition) is 6. The highest BCUT2D eigenvalue weighted by Crippen LogP contribution is 2.32. The number of ether oxygens (including phenoxy) is 2. The summed E-state index contributed by atoms with van der Waals surface area (Å²) in [6.07, 6.45) is 3.58. The summed E-state index contributed by atoms with van der Waals surface area (Å²) in [5, 5.41) is 10.4. The second-order valence-corrected chi connectivity index (χ2v) is 6.21. The summed E-state index contributed by atoms with van der Waals surface area (Å²) in [5.74, 6) is 0.278. The number of aliphatic hydroxyl groups is 1. The van der Waals surface area contributed by atoms with Crippen LogP contribution >= 0.6 is 0 Å². The molecule has 6 atom stereocenters. The second-order valence-electron chi connectivity index (χ2n) is 6.21. The third kappa shape index (κ3) is 5.36. The zero-order valence-corrected chi connectivity index (χ0v) is 14.9. The second kappa shape index (κ2) is 9.49. The molecule has 6 nitrogen and oxygen atoms in total. The van der Waals surface area contributed by atoms with Crippen molar-refractivity contribution in [2.75, 3.05) is 20.3 Å². The van der Waals surface area contributed by atoms with Gasteiger partial charge in [0.25, 0.3) is 0 Å². The summed E-state index contributed by atoms with van der Waals surface area (Å²) in [4.78, 5) is 13.8. The normalized spacial score (nSPS) is 29.8. The molecule has 0 radical (unpaired) electrons. The van der Waals surface area contributed by atoms with Gasteiger partial charge in [0.05, 0.1) is 18.8 Å². The molecular weight excluding hydrogens is 296 g/mol. The van der Waals surface area contributed by atoms with Crippen LogP contribution in [0.3, 0.4) is 0 Å². The highest BCUT2D eigenvalue weighted by Gasteiger charge is 2.44. The third-order valence-electron chi connectivity index (χ3n) is 4.55. The number of carbonyl (C=O) groups excluding carboxylic acids is 1. The number of nitrogens with zero attached hydrogens (tertiary/aromatic N) is 1. The number of hydrogen-bond donors (Lipinski definition) is 2. The Morgan fingerprint density at radius 3 is 2.65 bits per heavy atom. The van der Waals surface area contributed by atoms with Gasteiger partial charge in [-0.15, -0.1) is 0 Å². The van der Waals surface area contributed by atoms with Crippen molar-refractivity contribution in [2.24, 2.45) is 11.7 Å². The molecule has 0 aliphatic carbocycles. The number of likely N-dealkylation sites (tertiary alicyclic amines) is 1. The van der Waals surface area contributed by atoms with Gasteiger partial charge < -0.3 is 20.3 Å². The number of carbonyl (C=O) groups is 1. The van der Waals surface area contributed by atoms with E-state index in [1.54, 1.807) is 13.8 Å². The maximum Gasteiger partial charge on any atom is 0.154 e. The fourth-order valence-electron chi connectivity index (χ4n) is 3.38. The van der Waals surface area contributed by atoms with Gasteiger partial charge in [0, 0.05) is 18.7 Å². The molecule has 3 N–H and O–H groups in total. The molecule has 0 aromatic carbocycles. The van der Waals surface area contributed by atoms with Crippen LogP contribution in [0, 0.1) is 5.92 Å². The predicted octanol–water partition coefficient (Wildman–Crippen LogP) is 0.928. The van der Waals surface area contributed by atoms with Gasteiger partial charge in [0.15, 0.2) is 6.29 Å². The Morgan fingerprint density at radius 2 is 2.13 bits per heavy atom. The van der Waals surface area contributed by atoms with Crippen LogP contribution in [0.4, 0.5) is 0 Å². The largest absolute Gasteiger partial charge is 0.389 e. The molecular formula is C17H32N2O4. The summed E-state index contributed by atoms with van der Waals surface area (Å²) in [6, 6.07) is -0.747. The molecule has 0 aromatic heterocycles. The fraction of sp³-hybridized carbons (Fsp3) is 0.824. The Bertz CT molecular complexity index is 402. The molecule has 1 saturated heterocycles. The first kappa shape index (κ1) is 20.3. The number of aliphatic hydroxyl groups excluding tert-OH is 1. The number of ketones is 1. The minimum Gasteiger partial charge on any atom is -0.389 e. The van der Waals surface area contributed by atoms with Gasteiger partial charge in [-0.05, 0) is 47.1 Å². The van der Waals surface area contributed by atoms with Crippen LogP contribution in [0.1, 0.15) is 34.1 Å². The summed E-state index contributed by atoms with van der Waals surface area (Å²) in [7, 11) is 1.90. The quantitative estimate of drug-likeness (QED) is 0.484. The molecule has 1 aliphatic rings. The standard InChI is InChI=1S/C17H32N2O4/c1-6-8-13-9-14(11(3)20)19(5)17(13)16(18)15(21)10-23-12(4)22-7-2/h6,8,12-17,21H,7,9-10,18H2,1-5H3/b8-6-/t12?,13-,14-,15+,16+,17-/m1/s1. The monoisotopic (exact) mass is 328 g/mol. The summed E-state index contributed by atoms with van der Waals surface area (Å²) < 4.78 is 10.8. The Morgan fingerprint density at radius 1 is 1.48 bits per heavy atom. The van der Waals surface area contributed by atoms with Gasteiger partial charge in [-0.3, -0.25) is 9.69 Å². The van der Waals surface area contributed by atoms with E-state index in [0.717, 1.165) is 6.42 Å². The minimum absolute atomic E-state index is 0.0962. The number of likely N-dealkylation sites (N-methyl/N-ethyl adjacent to an activating group) is 1. The van der Waals surface area contributed by atoms with E-state index in [4.69, 9.17) is 15.2 Å². The van der Waals surface area contributed by atoms with Crippen molar-refractivity contribution in [3.8, 4) is 0 Å². The van der Waals surface area contributed by atoms with Crippen LogP contribution in [0.5, 0.6) is 0 Å². The highest BCUT2D eigenvalue weighted by molar-refractivity contribution is 5.81. The van der Waals surface area contributed by atoms with Gasteiger partial charge in [0.2, 0.25) is 0 Å². The average molecular weight is 328 g/mol. The van der Waals surface area contributed by atoms with E-state index in [9.17, 15) is 9.90 Å². The molecule has 0 amide bonds. The Kier molecular flexibility index (Phi) is 8.36. The Balaban J connectivity index is 2.73. The van der Waals surface area contributed by atoms with Crippen LogP contribution in [0.25, 0.3) is 0 Å². The first-order valence-corrected chi connectivity index (χ1v) is 8.35. The van der Waals surface area contributed by atoms with Crippen LogP contribution in [-0.4, -0.2) is 66.6 Å². The maximum atomic E-state index is 11.8. The van der Waals surface area contributed by atoms with Gasteiger partial charge in [0.1, 0.15) is 5.78 Å². The zero-order valence-electron chi connectivity index (χ0n) is 14.9. The van der Waals surface area contributed by atoms with Crippen molar-refractivity contribution in [1.82, 2.24) is 4.90 Å². The van der Waals surface area contributed by atoms with Crippen molar-refractivity contribution in [3.05, 3.63) is 12.2 Å². The number of rotatable bonds is 9. The Labute approximate surface area is 139 Å². The number of nitrogens with two attached hydrogens (primary N) is 1. The number of allylic oxidation sites excluding steroid dienone is 1. The van der Waals surface area contributed by atoms with Crippen molar-refractivity contribution < 1.29 is 19.4 Å². The van der Waals surface area contributed by atoms with Crippen LogP contribution in [-0.2, 0) is 14.3 Å². The molecule has 1 aliphatic heterocycles. The third-order valence-corrected chi connectivity index (χ3v) is 4.55. The van der Waals surface area contributed by atoms with E-state index in [2.05, 4.69) is 6.08 Å². The van der Waals surface area contributed by atoms with E-state index in [0.29, 0.717) is 6.61 Å². The molecule has 0 bridgehead atoms. The lowest BCUT2D eigenvalue weighted by atomic mass is 9.90. The molecule has 1 unspecified atom stereocenters.